The van der Waals surface area contributed by atoms with E-state index < -0.39 is 23.5 Å². The molecular weight excluding hydrogens is 482 g/mol. The molecule has 8 heteroatoms. The second-order valence-corrected chi connectivity index (χ2v) is 11.3. The number of carbonyl (C=O) groups is 2. The first-order chi connectivity index (χ1) is 18.2. The summed E-state index contributed by atoms with van der Waals surface area (Å²) in [6.07, 6.45) is -0.647. The van der Waals surface area contributed by atoms with Gasteiger partial charge in [0.05, 0.1) is 40.8 Å². The highest BCUT2D eigenvalue weighted by Gasteiger charge is 2.66. The van der Waals surface area contributed by atoms with Gasteiger partial charge in [-0.1, -0.05) is 50.2 Å². The lowest BCUT2D eigenvalue weighted by atomic mass is 9.87. The van der Waals surface area contributed by atoms with E-state index in [0.29, 0.717) is 5.56 Å². The molecule has 38 heavy (non-hydrogen) atoms. The number of fused-ring (bicyclic) bond motifs is 13. The third-order valence-electron chi connectivity index (χ3n) is 9.13. The number of amides is 1. The molecule has 5 aromatic rings. The minimum absolute atomic E-state index is 0.00921. The molecular formula is C30H27N3O5. The second kappa shape index (κ2) is 6.76. The van der Waals surface area contributed by atoms with Crippen molar-refractivity contribution in [1.29, 1.82) is 0 Å². The maximum Gasteiger partial charge on any atom is 0.343 e. The number of esters is 1. The number of hydrogen-bond acceptors (Lipinski definition) is 5. The normalized spacial score (nSPS) is 27.7. The summed E-state index contributed by atoms with van der Waals surface area (Å²) >= 11 is 0. The molecule has 0 spiro atoms. The zero-order chi connectivity index (χ0) is 26.3. The molecule has 1 fully saturated rings. The van der Waals surface area contributed by atoms with Crippen molar-refractivity contribution in [2.75, 3.05) is 7.11 Å². The first-order valence-corrected chi connectivity index (χ1v) is 13.0. The predicted octanol–water partition coefficient (Wildman–Crippen LogP) is 4.85. The first kappa shape index (κ1) is 22.1. The van der Waals surface area contributed by atoms with E-state index in [1.165, 1.54) is 7.11 Å². The predicted molar refractivity (Wildman–Crippen MR) is 143 cm³/mol. The molecule has 3 aliphatic heterocycles. The number of benzene rings is 3. The summed E-state index contributed by atoms with van der Waals surface area (Å²) in [5.41, 5.74) is 1.71. The van der Waals surface area contributed by atoms with E-state index in [-0.39, 0.29) is 24.3 Å². The van der Waals surface area contributed by atoms with E-state index in [9.17, 15) is 14.7 Å². The van der Waals surface area contributed by atoms with Crippen LogP contribution in [0.3, 0.4) is 0 Å². The van der Waals surface area contributed by atoms with E-state index in [1.54, 1.807) is 6.92 Å². The van der Waals surface area contributed by atoms with E-state index in [1.807, 2.05) is 53.1 Å². The summed E-state index contributed by atoms with van der Waals surface area (Å²) < 4.78 is 16.0. The number of nitrogens with zero attached hydrogens (tertiary/aromatic N) is 2. The van der Waals surface area contributed by atoms with Gasteiger partial charge in [0.25, 0.3) is 5.91 Å². The van der Waals surface area contributed by atoms with E-state index >= 15 is 0 Å². The Morgan fingerprint density at radius 3 is 2.42 bits per heavy atom. The number of carbonyl (C=O) groups excluding carboxylic acids is 2. The fourth-order valence-electron chi connectivity index (χ4n) is 7.49. The number of rotatable bonds is 2. The van der Waals surface area contributed by atoms with Crippen molar-refractivity contribution < 1.29 is 24.2 Å². The second-order valence-electron chi connectivity index (χ2n) is 11.3. The zero-order valence-electron chi connectivity index (χ0n) is 21.5. The van der Waals surface area contributed by atoms with Gasteiger partial charge in [-0.3, -0.25) is 4.79 Å². The Morgan fingerprint density at radius 1 is 1.08 bits per heavy atom. The molecule has 0 radical (unpaired) electrons. The van der Waals surface area contributed by atoms with Crippen LogP contribution in [0.1, 0.15) is 55.4 Å². The van der Waals surface area contributed by atoms with Gasteiger partial charge in [0.1, 0.15) is 6.23 Å². The number of ether oxygens (including phenoxy) is 2. The van der Waals surface area contributed by atoms with Crippen molar-refractivity contribution in [1.82, 2.24) is 14.5 Å². The molecule has 3 aliphatic rings. The lowest BCUT2D eigenvalue weighted by Crippen LogP contribution is -2.56. The number of aliphatic hydroxyl groups is 1. The van der Waals surface area contributed by atoms with Crippen LogP contribution in [0.15, 0.2) is 48.5 Å². The molecule has 5 heterocycles. The van der Waals surface area contributed by atoms with E-state index in [0.717, 1.165) is 49.2 Å². The third-order valence-corrected chi connectivity index (χ3v) is 9.13. The SMILES string of the molecule is COC(=O)[C@]1(O)C[C@@H]2O[C@@]1(C)n1c3ccccc3c3c4c(c5c6ccccc6n2c5c31)C(=O)N[C@H]4C(C)C. The van der Waals surface area contributed by atoms with Gasteiger partial charge in [-0.05, 0) is 30.5 Å². The molecule has 4 atom stereocenters. The standard InChI is InChI=1S/C30H27N3O5/c1-14(2)24-22-20-16-10-6-8-12-18(16)33-26(20)25-21(23(22)27(34)31-24)15-9-5-7-11-17(15)32(25)19-13-30(36,28(35)37-4)29(33,3)38-19/h5-12,14,19,24,36H,13H2,1-4H3,(H,31,34)/t19-,24-,29+,30+/m0/s1. The average Bonchev–Trinajstić information content (AvgIpc) is 3.59. The fourth-order valence-corrected chi connectivity index (χ4v) is 7.49. The van der Waals surface area contributed by atoms with Gasteiger partial charge in [-0.25, -0.2) is 4.79 Å². The van der Waals surface area contributed by atoms with Gasteiger partial charge in [0, 0.05) is 28.0 Å². The summed E-state index contributed by atoms with van der Waals surface area (Å²) in [6, 6.07) is 15.7. The molecule has 8 rings (SSSR count). The fraction of sp³-hybridized carbons (Fsp3) is 0.333. The molecule has 3 aromatic carbocycles. The lowest BCUT2D eigenvalue weighted by Gasteiger charge is -2.37. The number of para-hydroxylation sites is 2. The molecule has 0 saturated carbocycles. The van der Waals surface area contributed by atoms with Crippen LogP contribution in [0.2, 0.25) is 0 Å². The van der Waals surface area contributed by atoms with Gasteiger partial charge in [-0.2, -0.15) is 0 Å². The maximum absolute atomic E-state index is 13.7. The smallest absolute Gasteiger partial charge is 0.343 e. The highest BCUT2D eigenvalue weighted by molar-refractivity contribution is 6.31. The summed E-state index contributed by atoms with van der Waals surface area (Å²) in [4.78, 5) is 27.0. The molecule has 2 aromatic heterocycles. The van der Waals surface area contributed by atoms with Crippen LogP contribution in [0.25, 0.3) is 43.6 Å². The summed E-state index contributed by atoms with van der Waals surface area (Å²) in [5, 5.41) is 19.1. The Labute approximate surface area is 217 Å². The molecule has 1 saturated heterocycles. The minimum Gasteiger partial charge on any atom is -0.467 e. The van der Waals surface area contributed by atoms with Crippen molar-refractivity contribution in [3.05, 3.63) is 59.7 Å². The molecule has 192 valence electrons. The number of nitrogens with one attached hydrogen (secondary N) is 1. The van der Waals surface area contributed by atoms with E-state index in [4.69, 9.17) is 9.47 Å². The molecule has 8 nitrogen and oxygen atoms in total. The minimum atomic E-state index is -1.94. The van der Waals surface area contributed by atoms with Crippen LogP contribution >= 0.6 is 0 Å². The molecule has 0 unspecified atom stereocenters. The first-order valence-electron chi connectivity index (χ1n) is 13.0. The van der Waals surface area contributed by atoms with Gasteiger partial charge >= 0.3 is 5.97 Å². The van der Waals surface area contributed by atoms with E-state index in [2.05, 4.69) is 23.7 Å². The van der Waals surface area contributed by atoms with Crippen LogP contribution in [-0.2, 0) is 20.0 Å². The highest BCUT2D eigenvalue weighted by atomic mass is 16.6. The van der Waals surface area contributed by atoms with Crippen LogP contribution in [0.5, 0.6) is 0 Å². The number of aromatic nitrogens is 2. The summed E-state index contributed by atoms with van der Waals surface area (Å²) in [5.74, 6) is -0.660. The zero-order valence-corrected chi connectivity index (χ0v) is 21.5. The average molecular weight is 510 g/mol. The Kier molecular flexibility index (Phi) is 3.94. The Balaban J connectivity index is 1.72. The third kappa shape index (κ3) is 2.19. The van der Waals surface area contributed by atoms with Crippen molar-refractivity contribution in [2.24, 2.45) is 5.92 Å². The summed E-state index contributed by atoms with van der Waals surface area (Å²) in [7, 11) is 1.29. The van der Waals surface area contributed by atoms with Crippen molar-refractivity contribution in [3.8, 4) is 0 Å². The Bertz CT molecular complexity index is 1920. The molecule has 2 N–H and O–H groups in total. The van der Waals surface area contributed by atoms with Crippen LogP contribution in [0.4, 0.5) is 0 Å². The Morgan fingerprint density at radius 2 is 1.74 bits per heavy atom. The number of hydrogen-bond donors (Lipinski definition) is 2. The molecule has 1 amide bonds. The van der Waals surface area contributed by atoms with Gasteiger partial charge in [-0.15, -0.1) is 0 Å². The van der Waals surface area contributed by atoms with Gasteiger partial charge < -0.3 is 29.0 Å². The monoisotopic (exact) mass is 509 g/mol. The summed E-state index contributed by atoms with van der Waals surface area (Å²) in [6.45, 7) is 5.99. The van der Waals surface area contributed by atoms with Crippen LogP contribution < -0.4 is 5.32 Å². The van der Waals surface area contributed by atoms with Gasteiger partial charge in [0.2, 0.25) is 5.60 Å². The number of methoxy groups -OCH3 is 1. The molecule has 2 bridgehead atoms. The van der Waals surface area contributed by atoms with Crippen molar-refractivity contribution >= 4 is 55.5 Å². The largest absolute Gasteiger partial charge is 0.467 e. The van der Waals surface area contributed by atoms with Gasteiger partial charge in [0.15, 0.2) is 5.72 Å². The Hall–Kier alpha value is -3.88. The topological polar surface area (TPSA) is 94.7 Å². The maximum atomic E-state index is 13.7. The lowest BCUT2D eigenvalue weighted by molar-refractivity contribution is -0.202. The van der Waals surface area contributed by atoms with Crippen molar-refractivity contribution in [3.63, 3.8) is 0 Å². The highest BCUT2D eigenvalue weighted by Crippen LogP contribution is 2.58. The molecule has 0 aliphatic carbocycles. The van der Waals surface area contributed by atoms with Crippen LogP contribution in [0, 0.1) is 5.92 Å². The van der Waals surface area contributed by atoms with Crippen LogP contribution in [-0.4, -0.2) is 38.8 Å². The quantitative estimate of drug-likeness (QED) is 0.332. The van der Waals surface area contributed by atoms with Crippen molar-refractivity contribution in [2.45, 2.75) is 50.8 Å².